The van der Waals surface area contributed by atoms with Gasteiger partial charge < -0.3 is 15.0 Å². The highest BCUT2D eigenvalue weighted by Gasteiger charge is 2.53. The first kappa shape index (κ1) is 26.4. The molecule has 1 saturated heterocycles. The van der Waals surface area contributed by atoms with Gasteiger partial charge in [0.25, 0.3) is 10.1 Å². The molecule has 2 aliphatic rings. The van der Waals surface area contributed by atoms with E-state index in [0.717, 1.165) is 24.0 Å². The quantitative estimate of drug-likeness (QED) is 0.459. The van der Waals surface area contributed by atoms with Gasteiger partial charge in [0.15, 0.2) is 0 Å². The fourth-order valence-corrected chi connectivity index (χ4v) is 6.49. The van der Waals surface area contributed by atoms with Crippen molar-refractivity contribution in [2.75, 3.05) is 13.4 Å². The molecular weight excluding hydrogens is 497 g/mol. The summed E-state index contributed by atoms with van der Waals surface area (Å²) in [5.41, 5.74) is -0.493. The van der Waals surface area contributed by atoms with Gasteiger partial charge in [-0.3, -0.25) is 4.18 Å². The van der Waals surface area contributed by atoms with Gasteiger partial charge in [0, 0.05) is 23.8 Å². The lowest BCUT2D eigenvalue weighted by atomic mass is 9.72. The second-order valence-corrected chi connectivity index (χ2v) is 11.1. The van der Waals surface area contributed by atoms with E-state index < -0.39 is 45.6 Å². The summed E-state index contributed by atoms with van der Waals surface area (Å²) in [5.74, 6) is 0.159. The Bertz CT molecular complexity index is 1240. The van der Waals surface area contributed by atoms with E-state index in [0.29, 0.717) is 25.0 Å². The minimum atomic E-state index is -4.75. The Balaban J connectivity index is 1.71. The highest BCUT2D eigenvalue weighted by atomic mass is 32.2. The van der Waals surface area contributed by atoms with Crippen molar-refractivity contribution in [2.45, 2.75) is 50.0 Å². The van der Waals surface area contributed by atoms with Crippen molar-refractivity contribution < 1.29 is 35.6 Å². The first-order chi connectivity index (χ1) is 16.9. The van der Waals surface area contributed by atoms with Gasteiger partial charge in [-0.1, -0.05) is 18.2 Å². The number of nitriles is 1. The molecule has 0 bridgehead atoms. The molecule has 2 aromatic rings. The number of rotatable bonds is 6. The fourth-order valence-electron chi connectivity index (χ4n) is 5.83. The topological polar surface area (TPSA) is 104 Å². The van der Waals surface area contributed by atoms with Crippen LogP contribution in [0.3, 0.4) is 0 Å². The molecule has 4 rings (SSSR count). The van der Waals surface area contributed by atoms with Crippen LogP contribution in [-0.4, -0.2) is 33.9 Å². The molecule has 11 heteroatoms. The third kappa shape index (κ3) is 5.52. The standard InChI is InChI=1S/C25H27F3N2O5S/c1-34-18-7-3-15(4-8-18)11-23-20-10-9-19(35-36(2,32)33)13-21(20)24(30(23)31)16-5-6-17(14-29)22(12-16)25(26,27)28/h3-8,12,19-21,23-24,30H,9-11,13H2,1-2H3. The van der Waals surface area contributed by atoms with Crippen LogP contribution in [0.25, 0.3) is 0 Å². The number of hydrogen-bond donors (Lipinski definition) is 1. The monoisotopic (exact) mass is 524 g/mol. The summed E-state index contributed by atoms with van der Waals surface area (Å²) in [6, 6.07) is 11.0. The maximum atomic E-state index is 13.8. The highest BCUT2D eigenvalue weighted by molar-refractivity contribution is 7.86. The molecule has 0 amide bonds. The average molecular weight is 525 g/mol. The van der Waals surface area contributed by atoms with Gasteiger partial charge >= 0.3 is 6.18 Å². The van der Waals surface area contributed by atoms with Crippen LogP contribution in [0.1, 0.15) is 47.6 Å². The zero-order valence-corrected chi connectivity index (χ0v) is 20.6. The number of halogens is 3. The third-order valence-electron chi connectivity index (χ3n) is 7.28. The van der Waals surface area contributed by atoms with Crippen molar-refractivity contribution in [2.24, 2.45) is 11.8 Å². The van der Waals surface area contributed by atoms with Crippen LogP contribution in [0.5, 0.6) is 5.75 Å². The van der Waals surface area contributed by atoms with E-state index in [2.05, 4.69) is 0 Å². The highest BCUT2D eigenvalue weighted by Crippen LogP contribution is 2.45. The molecule has 0 aromatic heterocycles. The summed E-state index contributed by atoms with van der Waals surface area (Å²) in [6.07, 6.45) is -2.81. The minimum absolute atomic E-state index is 0.131. The third-order valence-corrected chi connectivity index (χ3v) is 7.90. The summed E-state index contributed by atoms with van der Waals surface area (Å²) in [5, 5.41) is 22.8. The Morgan fingerprint density at radius 1 is 1.14 bits per heavy atom. The van der Waals surface area contributed by atoms with E-state index in [1.165, 1.54) is 6.07 Å². The Kier molecular flexibility index (Phi) is 7.35. The zero-order chi connectivity index (χ0) is 26.3. The molecule has 7 nitrogen and oxygen atoms in total. The molecule has 194 valence electrons. The lowest BCUT2D eigenvalue weighted by molar-refractivity contribution is -0.896. The van der Waals surface area contributed by atoms with Crippen molar-refractivity contribution in [3.63, 3.8) is 0 Å². The number of hydrogen-bond acceptors (Lipinski definition) is 6. The molecule has 0 spiro atoms. The molecule has 1 aliphatic carbocycles. The molecule has 2 aromatic carbocycles. The maximum absolute atomic E-state index is 13.8. The smallest absolute Gasteiger partial charge is 0.417 e. The van der Waals surface area contributed by atoms with Gasteiger partial charge in [-0.2, -0.15) is 26.9 Å². The zero-order valence-electron chi connectivity index (χ0n) is 19.8. The number of methoxy groups -OCH3 is 1. The summed E-state index contributed by atoms with van der Waals surface area (Å²) < 4.78 is 74.9. The van der Waals surface area contributed by atoms with Gasteiger partial charge in [-0.15, -0.1) is 0 Å². The van der Waals surface area contributed by atoms with Gasteiger partial charge in [-0.05, 0) is 49.1 Å². The maximum Gasteiger partial charge on any atom is 0.417 e. The molecule has 6 atom stereocenters. The molecule has 1 N–H and O–H groups in total. The molecule has 1 heterocycles. The van der Waals surface area contributed by atoms with Crippen molar-refractivity contribution in [1.29, 1.82) is 5.26 Å². The molecular formula is C25H27F3N2O5S. The minimum Gasteiger partial charge on any atom is -0.634 e. The number of nitrogens with zero attached hydrogens (tertiary/aromatic N) is 1. The van der Waals surface area contributed by atoms with Crippen LogP contribution in [0, 0.1) is 28.4 Å². The van der Waals surface area contributed by atoms with Gasteiger partial charge in [-0.25, -0.2) is 0 Å². The van der Waals surface area contributed by atoms with Crippen molar-refractivity contribution >= 4 is 10.1 Å². The van der Waals surface area contributed by atoms with E-state index in [4.69, 9.17) is 14.2 Å². The summed E-state index contributed by atoms with van der Waals surface area (Å²) in [4.78, 5) is 0. The van der Waals surface area contributed by atoms with Gasteiger partial charge in [0.1, 0.15) is 11.8 Å². The molecule has 6 unspecified atom stereocenters. The van der Waals surface area contributed by atoms with Gasteiger partial charge in [0.05, 0.1) is 42.7 Å². The molecule has 2 fully saturated rings. The Morgan fingerprint density at radius 2 is 1.83 bits per heavy atom. The lowest BCUT2D eigenvalue weighted by Crippen LogP contribution is -3.10. The number of alkyl halides is 3. The normalized spacial score (nSPS) is 28.4. The van der Waals surface area contributed by atoms with E-state index in [1.807, 2.05) is 12.1 Å². The van der Waals surface area contributed by atoms with Crippen LogP contribution >= 0.6 is 0 Å². The molecule has 0 radical (unpaired) electrons. The van der Waals surface area contributed by atoms with Gasteiger partial charge in [0.2, 0.25) is 0 Å². The Labute approximate surface area is 208 Å². The molecule has 1 aliphatic heterocycles. The van der Waals surface area contributed by atoms with E-state index in [-0.39, 0.29) is 28.9 Å². The van der Waals surface area contributed by atoms with Crippen molar-refractivity contribution in [3.05, 3.63) is 69.9 Å². The Morgan fingerprint density at radius 3 is 2.42 bits per heavy atom. The second-order valence-electron chi connectivity index (χ2n) is 9.52. The van der Waals surface area contributed by atoms with Crippen molar-refractivity contribution in [1.82, 2.24) is 0 Å². The Hall–Kier alpha value is -2.65. The number of fused-ring (bicyclic) bond motifs is 1. The molecule has 36 heavy (non-hydrogen) atoms. The number of quaternary nitrogens is 1. The summed E-state index contributed by atoms with van der Waals surface area (Å²) >= 11 is 0. The van der Waals surface area contributed by atoms with E-state index >= 15 is 0 Å². The summed E-state index contributed by atoms with van der Waals surface area (Å²) in [7, 11) is -2.18. The first-order valence-electron chi connectivity index (χ1n) is 11.6. The van der Waals surface area contributed by atoms with Crippen LogP contribution in [0.2, 0.25) is 0 Å². The van der Waals surface area contributed by atoms with Crippen LogP contribution in [0.4, 0.5) is 13.2 Å². The average Bonchev–Trinajstić information content (AvgIpc) is 3.08. The second kappa shape index (κ2) is 10.0. The largest absolute Gasteiger partial charge is 0.634 e. The fraction of sp³-hybridized carbons (Fsp3) is 0.480. The van der Waals surface area contributed by atoms with E-state index in [1.54, 1.807) is 25.3 Å². The SMILES string of the molecule is COc1ccc(CC2C3CCC(OS(C)(=O)=O)CC3C(c3ccc(C#N)c(C(F)(F)F)c3)[NH+]2[O-])cc1. The van der Waals surface area contributed by atoms with Crippen LogP contribution in [-0.2, 0) is 26.9 Å². The number of benzene rings is 2. The number of hydroxylamine groups is 2. The van der Waals surface area contributed by atoms with Crippen LogP contribution in [0.15, 0.2) is 42.5 Å². The predicted molar refractivity (Wildman–Crippen MR) is 124 cm³/mol. The lowest BCUT2D eigenvalue weighted by Gasteiger charge is -2.33. The van der Waals surface area contributed by atoms with Crippen molar-refractivity contribution in [3.8, 4) is 11.8 Å². The summed E-state index contributed by atoms with van der Waals surface area (Å²) in [6.45, 7) is 0. The first-order valence-corrected chi connectivity index (χ1v) is 13.4. The van der Waals surface area contributed by atoms with Crippen LogP contribution < -0.4 is 9.80 Å². The number of nitrogens with one attached hydrogen (secondary N) is 1. The predicted octanol–water partition coefficient (Wildman–Crippen LogP) is 3.40. The molecule has 1 saturated carbocycles. The number of ether oxygens (including phenoxy) is 1. The van der Waals surface area contributed by atoms with E-state index in [9.17, 15) is 26.8 Å².